The second-order valence-electron chi connectivity index (χ2n) is 4.67. The molecule has 0 saturated heterocycles. The molecule has 2 N–H and O–H groups in total. The summed E-state index contributed by atoms with van der Waals surface area (Å²) in [7, 11) is 1.73. The summed E-state index contributed by atoms with van der Waals surface area (Å²) in [4.78, 5) is 18.3. The van der Waals surface area contributed by atoms with Gasteiger partial charge in [0, 0.05) is 18.3 Å². The normalized spacial score (nSPS) is 10.3. The molecule has 0 radical (unpaired) electrons. The molecule has 1 amide bonds. The molecule has 2 aromatic rings. The fourth-order valence-electron chi connectivity index (χ4n) is 1.88. The van der Waals surface area contributed by atoms with Crippen LogP contribution in [0.3, 0.4) is 0 Å². The van der Waals surface area contributed by atoms with Gasteiger partial charge in [-0.3, -0.25) is 9.78 Å². The highest BCUT2D eigenvalue weighted by molar-refractivity contribution is 6.33. The van der Waals surface area contributed by atoms with E-state index in [0.29, 0.717) is 22.8 Å². The molecule has 2 rings (SSSR count). The lowest BCUT2D eigenvalue weighted by Gasteiger charge is -2.17. The average molecular weight is 290 g/mol. The number of aromatic nitrogens is 1. The fraction of sp³-hybridized carbons (Fsp3) is 0.200. The highest BCUT2D eigenvalue weighted by Gasteiger charge is 2.13. The number of anilines is 1. The summed E-state index contributed by atoms with van der Waals surface area (Å²) in [5.41, 5.74) is 8.39. The summed E-state index contributed by atoms with van der Waals surface area (Å²) < 4.78 is 0. The van der Waals surface area contributed by atoms with Gasteiger partial charge in [-0.1, -0.05) is 17.7 Å². The molecule has 0 saturated carbocycles. The van der Waals surface area contributed by atoms with E-state index in [1.165, 1.54) is 0 Å². The van der Waals surface area contributed by atoms with Crippen LogP contribution < -0.4 is 5.73 Å². The third-order valence-electron chi connectivity index (χ3n) is 2.94. The molecular formula is C15H16ClN3O. The maximum absolute atomic E-state index is 12.3. The minimum absolute atomic E-state index is 0.116. The van der Waals surface area contributed by atoms with Crippen LogP contribution in [0.5, 0.6) is 0 Å². The van der Waals surface area contributed by atoms with Gasteiger partial charge in [0.15, 0.2) is 0 Å². The molecule has 5 heteroatoms. The van der Waals surface area contributed by atoms with Gasteiger partial charge >= 0.3 is 0 Å². The molecule has 0 atom stereocenters. The molecule has 0 bridgehead atoms. The molecule has 0 aliphatic carbocycles. The lowest BCUT2D eigenvalue weighted by molar-refractivity contribution is 0.0783. The Morgan fingerprint density at radius 1 is 1.35 bits per heavy atom. The van der Waals surface area contributed by atoms with E-state index in [4.69, 9.17) is 17.3 Å². The quantitative estimate of drug-likeness (QED) is 0.884. The third kappa shape index (κ3) is 3.27. The molecule has 0 unspecified atom stereocenters. The van der Waals surface area contributed by atoms with Crippen molar-refractivity contribution in [1.29, 1.82) is 0 Å². The van der Waals surface area contributed by atoms with Gasteiger partial charge in [0.2, 0.25) is 0 Å². The van der Waals surface area contributed by atoms with Gasteiger partial charge < -0.3 is 10.6 Å². The van der Waals surface area contributed by atoms with Crippen LogP contribution in [0.2, 0.25) is 5.02 Å². The Balaban J connectivity index is 2.14. The standard InChI is InChI=1S/C15H16ClN3O/c1-10-4-3-5-12(18-10)9-19(2)15(20)11-6-7-14(17)13(16)8-11/h3-8H,9,17H2,1-2H3. The third-order valence-corrected chi connectivity index (χ3v) is 3.27. The molecule has 0 aliphatic rings. The highest BCUT2D eigenvalue weighted by Crippen LogP contribution is 2.20. The van der Waals surface area contributed by atoms with Crippen molar-refractivity contribution in [1.82, 2.24) is 9.88 Å². The maximum atomic E-state index is 12.3. The Kier molecular flexibility index (Phi) is 4.25. The van der Waals surface area contributed by atoms with Crippen LogP contribution >= 0.6 is 11.6 Å². The first-order chi connectivity index (χ1) is 9.47. The molecule has 1 heterocycles. The first-order valence-corrected chi connectivity index (χ1v) is 6.58. The van der Waals surface area contributed by atoms with Crippen molar-refractivity contribution in [3.05, 3.63) is 58.4 Å². The van der Waals surface area contributed by atoms with E-state index in [-0.39, 0.29) is 5.91 Å². The second-order valence-corrected chi connectivity index (χ2v) is 5.08. The van der Waals surface area contributed by atoms with Gasteiger partial charge in [0.25, 0.3) is 5.91 Å². The van der Waals surface area contributed by atoms with E-state index < -0.39 is 0 Å². The van der Waals surface area contributed by atoms with Crippen LogP contribution in [0.25, 0.3) is 0 Å². The van der Waals surface area contributed by atoms with Crippen molar-refractivity contribution < 1.29 is 4.79 Å². The van der Waals surface area contributed by atoms with Gasteiger partial charge in [-0.2, -0.15) is 0 Å². The number of amides is 1. The maximum Gasteiger partial charge on any atom is 0.254 e. The zero-order valence-corrected chi connectivity index (χ0v) is 12.2. The van der Waals surface area contributed by atoms with Crippen molar-refractivity contribution in [2.75, 3.05) is 12.8 Å². The zero-order chi connectivity index (χ0) is 14.7. The lowest BCUT2D eigenvalue weighted by Crippen LogP contribution is -2.26. The number of halogens is 1. The summed E-state index contributed by atoms with van der Waals surface area (Å²) in [5.74, 6) is -0.116. The summed E-state index contributed by atoms with van der Waals surface area (Å²) >= 11 is 5.94. The van der Waals surface area contributed by atoms with Crippen LogP contribution in [0.4, 0.5) is 5.69 Å². The molecular weight excluding hydrogens is 274 g/mol. The van der Waals surface area contributed by atoms with Crippen LogP contribution in [0.15, 0.2) is 36.4 Å². The fourth-order valence-corrected chi connectivity index (χ4v) is 2.06. The largest absolute Gasteiger partial charge is 0.398 e. The minimum Gasteiger partial charge on any atom is -0.398 e. The van der Waals surface area contributed by atoms with Crippen molar-refractivity contribution in [2.45, 2.75) is 13.5 Å². The van der Waals surface area contributed by atoms with E-state index >= 15 is 0 Å². The van der Waals surface area contributed by atoms with Gasteiger partial charge in [0.1, 0.15) is 0 Å². The summed E-state index contributed by atoms with van der Waals surface area (Å²) in [5, 5.41) is 0.387. The first kappa shape index (κ1) is 14.3. The van der Waals surface area contributed by atoms with Gasteiger partial charge in [-0.25, -0.2) is 0 Å². The van der Waals surface area contributed by atoms with Crippen LogP contribution in [0, 0.1) is 6.92 Å². The van der Waals surface area contributed by atoms with Gasteiger partial charge in [0.05, 0.1) is 22.9 Å². The van der Waals surface area contributed by atoms with E-state index in [1.807, 2.05) is 25.1 Å². The van der Waals surface area contributed by atoms with E-state index in [0.717, 1.165) is 11.4 Å². The Morgan fingerprint density at radius 2 is 2.10 bits per heavy atom. The SMILES string of the molecule is Cc1cccc(CN(C)C(=O)c2ccc(N)c(Cl)c2)n1. The molecule has 0 aliphatic heterocycles. The van der Waals surface area contributed by atoms with E-state index in [9.17, 15) is 4.79 Å². The topological polar surface area (TPSA) is 59.2 Å². The zero-order valence-electron chi connectivity index (χ0n) is 11.4. The Bertz CT molecular complexity index is 643. The molecule has 20 heavy (non-hydrogen) atoms. The summed E-state index contributed by atoms with van der Waals surface area (Å²) in [6.07, 6.45) is 0. The van der Waals surface area contributed by atoms with Crippen LogP contribution in [-0.2, 0) is 6.54 Å². The number of nitrogens with two attached hydrogens (primary N) is 1. The van der Waals surface area contributed by atoms with Crippen LogP contribution in [0.1, 0.15) is 21.7 Å². The Hall–Kier alpha value is -2.07. The summed E-state index contributed by atoms with van der Waals surface area (Å²) in [6, 6.07) is 10.6. The monoisotopic (exact) mass is 289 g/mol. The lowest BCUT2D eigenvalue weighted by atomic mass is 10.2. The predicted octanol–water partition coefficient (Wildman–Crippen LogP) is 2.90. The number of benzene rings is 1. The molecule has 104 valence electrons. The molecule has 0 fully saturated rings. The predicted molar refractivity (Wildman–Crippen MR) is 80.6 cm³/mol. The number of nitrogen functional groups attached to an aromatic ring is 1. The molecule has 4 nitrogen and oxygen atoms in total. The minimum atomic E-state index is -0.116. The number of aryl methyl sites for hydroxylation is 1. The average Bonchev–Trinajstić information content (AvgIpc) is 2.41. The number of nitrogens with zero attached hydrogens (tertiary/aromatic N) is 2. The molecule has 1 aromatic carbocycles. The van der Waals surface area contributed by atoms with E-state index in [1.54, 1.807) is 30.1 Å². The highest BCUT2D eigenvalue weighted by atomic mass is 35.5. The number of pyridine rings is 1. The van der Waals surface area contributed by atoms with Gasteiger partial charge in [-0.15, -0.1) is 0 Å². The summed E-state index contributed by atoms with van der Waals surface area (Å²) in [6.45, 7) is 2.37. The number of carbonyl (C=O) groups excluding carboxylic acids is 1. The second kappa shape index (κ2) is 5.92. The van der Waals surface area contributed by atoms with E-state index in [2.05, 4.69) is 4.98 Å². The number of carbonyl (C=O) groups is 1. The van der Waals surface area contributed by atoms with Crippen molar-refractivity contribution in [2.24, 2.45) is 0 Å². The first-order valence-electron chi connectivity index (χ1n) is 6.20. The van der Waals surface area contributed by atoms with Crippen molar-refractivity contribution in [3.63, 3.8) is 0 Å². The molecule has 0 spiro atoms. The molecule has 1 aromatic heterocycles. The Morgan fingerprint density at radius 3 is 2.75 bits per heavy atom. The van der Waals surface area contributed by atoms with Gasteiger partial charge in [-0.05, 0) is 37.3 Å². The smallest absolute Gasteiger partial charge is 0.254 e. The van der Waals surface area contributed by atoms with Crippen LogP contribution in [-0.4, -0.2) is 22.8 Å². The number of hydrogen-bond donors (Lipinski definition) is 1. The number of rotatable bonds is 3. The number of hydrogen-bond acceptors (Lipinski definition) is 3. The Labute approximate surface area is 123 Å². The van der Waals surface area contributed by atoms with Crippen molar-refractivity contribution >= 4 is 23.2 Å². The van der Waals surface area contributed by atoms with Crippen molar-refractivity contribution in [3.8, 4) is 0 Å².